The van der Waals surface area contributed by atoms with Crippen molar-refractivity contribution in [3.8, 4) is 6.07 Å². The minimum absolute atomic E-state index is 0.117. The third-order valence-corrected chi connectivity index (χ3v) is 7.17. The quantitative estimate of drug-likeness (QED) is 0.809. The van der Waals surface area contributed by atoms with Crippen molar-refractivity contribution >= 4 is 32.1 Å². The number of benzene rings is 1. The fourth-order valence-corrected chi connectivity index (χ4v) is 5.53. The Bertz CT molecular complexity index is 989. The summed E-state index contributed by atoms with van der Waals surface area (Å²) >= 11 is 1.34. The molecule has 1 aliphatic carbocycles. The van der Waals surface area contributed by atoms with Crippen LogP contribution in [0, 0.1) is 23.1 Å². The highest BCUT2D eigenvalue weighted by Crippen LogP contribution is 2.39. The van der Waals surface area contributed by atoms with E-state index in [1.807, 2.05) is 0 Å². The third kappa shape index (κ3) is 3.79. The molecule has 8 heteroatoms. The van der Waals surface area contributed by atoms with Gasteiger partial charge >= 0.3 is 0 Å². The molecule has 0 fully saturated rings. The van der Waals surface area contributed by atoms with Crippen LogP contribution in [0.15, 0.2) is 29.2 Å². The zero-order valence-electron chi connectivity index (χ0n) is 14.1. The lowest BCUT2D eigenvalue weighted by Gasteiger charge is -2.17. The van der Waals surface area contributed by atoms with Crippen LogP contribution in [0.3, 0.4) is 0 Å². The summed E-state index contributed by atoms with van der Waals surface area (Å²) in [7, 11) is -3.88. The van der Waals surface area contributed by atoms with E-state index in [0.29, 0.717) is 16.5 Å². The number of hydrogen-bond donors (Lipinski definition) is 1. The molecule has 0 saturated heterocycles. The zero-order valence-corrected chi connectivity index (χ0v) is 15.7. The third-order valence-electron chi connectivity index (χ3n) is 4.37. The summed E-state index contributed by atoms with van der Waals surface area (Å²) in [5.41, 5.74) is 1.40. The molecule has 2 aromatic rings. The molecular formula is C18H17FN2O3S2. The summed E-state index contributed by atoms with van der Waals surface area (Å²) in [5, 5.41) is 12.4. The molecule has 1 amide bonds. The minimum Gasteiger partial charge on any atom is -0.316 e. The molecule has 0 unspecified atom stereocenters. The Labute approximate surface area is 155 Å². The second kappa shape index (κ2) is 7.17. The zero-order chi connectivity index (χ0) is 18.9. The smallest absolute Gasteiger partial charge is 0.240 e. The number of fused-ring (bicyclic) bond motifs is 1. The van der Waals surface area contributed by atoms with Gasteiger partial charge in [-0.15, -0.1) is 11.3 Å². The van der Waals surface area contributed by atoms with E-state index in [0.717, 1.165) is 54.0 Å². The van der Waals surface area contributed by atoms with Gasteiger partial charge in [0.1, 0.15) is 22.6 Å². The van der Waals surface area contributed by atoms with Crippen LogP contribution in [-0.4, -0.2) is 20.1 Å². The Balaban J connectivity index is 1.78. The molecule has 1 aromatic carbocycles. The number of halogens is 1. The Kier molecular flexibility index (Phi) is 5.12. The SMILES string of the molecule is C[C@@H]1CCc2c(sc(NC(=O)CS(=O)(=O)c3ccc(F)cc3)c2C#N)C1. The second-order valence-corrected chi connectivity index (χ2v) is 9.52. The van der Waals surface area contributed by atoms with Gasteiger partial charge in [0.2, 0.25) is 5.91 Å². The molecule has 3 rings (SSSR count). The Morgan fingerprint density at radius 2 is 2.08 bits per heavy atom. The van der Waals surface area contributed by atoms with Crippen molar-refractivity contribution < 1.29 is 17.6 Å². The van der Waals surface area contributed by atoms with Gasteiger partial charge in [-0.1, -0.05) is 6.92 Å². The van der Waals surface area contributed by atoms with Crippen LogP contribution in [0.5, 0.6) is 0 Å². The van der Waals surface area contributed by atoms with Crippen LogP contribution >= 0.6 is 11.3 Å². The van der Waals surface area contributed by atoms with Crippen molar-refractivity contribution in [1.29, 1.82) is 5.26 Å². The number of thiophene rings is 1. The molecule has 5 nitrogen and oxygen atoms in total. The predicted molar refractivity (Wildman–Crippen MR) is 97.3 cm³/mol. The molecular weight excluding hydrogens is 375 g/mol. The number of carbonyl (C=O) groups excluding carboxylic acids is 1. The van der Waals surface area contributed by atoms with Crippen molar-refractivity contribution in [1.82, 2.24) is 0 Å². The molecule has 0 spiro atoms. The average molecular weight is 392 g/mol. The fraction of sp³-hybridized carbons (Fsp3) is 0.333. The van der Waals surface area contributed by atoms with Gasteiger partial charge in [-0.3, -0.25) is 4.79 Å². The lowest BCUT2D eigenvalue weighted by atomic mass is 9.89. The van der Waals surface area contributed by atoms with Crippen molar-refractivity contribution in [2.45, 2.75) is 31.1 Å². The van der Waals surface area contributed by atoms with Gasteiger partial charge in [-0.05, 0) is 55.0 Å². The molecule has 136 valence electrons. The number of nitrogens with zero attached hydrogens (tertiary/aromatic N) is 1. The molecule has 1 heterocycles. The van der Waals surface area contributed by atoms with Gasteiger partial charge in [0, 0.05) is 4.88 Å². The monoisotopic (exact) mass is 392 g/mol. The highest BCUT2D eigenvalue weighted by Gasteiger charge is 2.26. The molecule has 0 bridgehead atoms. The maximum Gasteiger partial charge on any atom is 0.240 e. The Hall–Kier alpha value is -2.24. The van der Waals surface area contributed by atoms with E-state index in [1.165, 1.54) is 11.3 Å². The Morgan fingerprint density at radius 1 is 1.38 bits per heavy atom. The maximum atomic E-state index is 12.9. The van der Waals surface area contributed by atoms with Crippen molar-refractivity contribution in [3.05, 3.63) is 46.1 Å². The van der Waals surface area contributed by atoms with Crippen molar-refractivity contribution in [3.63, 3.8) is 0 Å². The number of sulfone groups is 1. The summed E-state index contributed by atoms with van der Waals surface area (Å²) in [6.45, 7) is 2.14. The average Bonchev–Trinajstić information content (AvgIpc) is 2.90. The number of amides is 1. The van der Waals surface area contributed by atoms with Crippen LogP contribution in [-0.2, 0) is 27.5 Å². The van der Waals surface area contributed by atoms with Gasteiger partial charge in [-0.25, -0.2) is 12.8 Å². The van der Waals surface area contributed by atoms with Crippen LogP contribution in [0.2, 0.25) is 0 Å². The number of rotatable bonds is 4. The first kappa shape index (κ1) is 18.5. The molecule has 26 heavy (non-hydrogen) atoms. The van der Waals surface area contributed by atoms with Crippen LogP contribution < -0.4 is 5.32 Å². The van der Waals surface area contributed by atoms with Gasteiger partial charge in [-0.2, -0.15) is 5.26 Å². The van der Waals surface area contributed by atoms with E-state index in [1.54, 1.807) is 0 Å². The summed E-state index contributed by atoms with van der Waals surface area (Å²) in [6, 6.07) is 6.46. The van der Waals surface area contributed by atoms with Crippen LogP contribution in [0.4, 0.5) is 9.39 Å². The molecule has 1 atom stereocenters. The first-order valence-corrected chi connectivity index (χ1v) is 10.6. The number of nitriles is 1. The molecule has 1 aromatic heterocycles. The summed E-state index contributed by atoms with van der Waals surface area (Å²) in [6.07, 6.45) is 2.64. The highest BCUT2D eigenvalue weighted by atomic mass is 32.2. The number of carbonyl (C=O) groups is 1. The van der Waals surface area contributed by atoms with E-state index in [9.17, 15) is 22.9 Å². The lowest BCUT2D eigenvalue weighted by molar-refractivity contribution is -0.113. The van der Waals surface area contributed by atoms with Gasteiger partial charge < -0.3 is 5.32 Å². The largest absolute Gasteiger partial charge is 0.316 e. The van der Waals surface area contributed by atoms with E-state index >= 15 is 0 Å². The number of anilines is 1. The lowest BCUT2D eigenvalue weighted by Crippen LogP contribution is -2.23. The van der Waals surface area contributed by atoms with Crippen LogP contribution in [0.1, 0.15) is 29.3 Å². The first-order valence-electron chi connectivity index (χ1n) is 8.13. The molecule has 1 aliphatic rings. The van der Waals surface area contributed by atoms with Gasteiger partial charge in [0.15, 0.2) is 9.84 Å². The van der Waals surface area contributed by atoms with E-state index in [-0.39, 0.29) is 4.90 Å². The van der Waals surface area contributed by atoms with Gasteiger partial charge in [0.25, 0.3) is 0 Å². The van der Waals surface area contributed by atoms with Crippen molar-refractivity contribution in [2.24, 2.45) is 5.92 Å². The summed E-state index contributed by atoms with van der Waals surface area (Å²) < 4.78 is 37.5. The molecule has 0 aliphatic heterocycles. The van der Waals surface area contributed by atoms with Crippen LogP contribution in [0.25, 0.3) is 0 Å². The summed E-state index contributed by atoms with van der Waals surface area (Å²) in [5.74, 6) is -1.50. The first-order chi connectivity index (χ1) is 12.3. The fourth-order valence-electron chi connectivity index (χ4n) is 3.02. The molecule has 0 radical (unpaired) electrons. The number of hydrogen-bond acceptors (Lipinski definition) is 5. The molecule has 1 N–H and O–H groups in total. The second-order valence-electron chi connectivity index (χ2n) is 6.43. The standard InChI is InChI=1S/C18H17FN2O3S2/c1-11-2-7-14-15(9-20)18(25-16(14)8-11)21-17(22)10-26(23,24)13-5-3-12(19)4-6-13/h3-6,11H,2,7-8,10H2,1H3,(H,21,22)/t11-/m1/s1. The number of nitrogens with one attached hydrogen (secondary N) is 1. The predicted octanol–water partition coefficient (Wildman–Crippen LogP) is 3.30. The Morgan fingerprint density at radius 3 is 2.73 bits per heavy atom. The van der Waals surface area contributed by atoms with Crippen molar-refractivity contribution in [2.75, 3.05) is 11.1 Å². The van der Waals surface area contributed by atoms with Gasteiger partial charge in [0.05, 0.1) is 10.5 Å². The topological polar surface area (TPSA) is 87.0 Å². The van der Waals surface area contributed by atoms with E-state index in [4.69, 9.17) is 0 Å². The minimum atomic E-state index is -3.88. The molecule has 0 saturated carbocycles. The van der Waals surface area contributed by atoms with E-state index in [2.05, 4.69) is 18.3 Å². The highest BCUT2D eigenvalue weighted by molar-refractivity contribution is 7.92. The summed E-state index contributed by atoms with van der Waals surface area (Å²) in [4.78, 5) is 13.2. The van der Waals surface area contributed by atoms with E-state index < -0.39 is 27.3 Å². The maximum absolute atomic E-state index is 12.9. The normalized spacial score (nSPS) is 16.6.